The van der Waals surface area contributed by atoms with Gasteiger partial charge < -0.3 is 9.80 Å². The number of benzene rings is 2. The standard InChI is InChI=1S/C24H32N4O4S2/c1-5-33(29,30)25-17-22-15-16-27(18-22)34(31,32)24-13-11-23(12-14-24)28(20(2)26(3)4)19-21-9-7-6-8-10-21/h5-14,22,25H,1-2,15-19H2,3-4H3/t22-/m1/s1. The maximum Gasteiger partial charge on any atom is 0.243 e. The molecule has 0 radical (unpaired) electrons. The van der Waals surface area contributed by atoms with Crippen molar-refractivity contribution in [3.8, 4) is 0 Å². The molecule has 3 rings (SSSR count). The van der Waals surface area contributed by atoms with Crippen LogP contribution in [-0.2, 0) is 26.6 Å². The topological polar surface area (TPSA) is 90.0 Å². The second-order valence-corrected chi connectivity index (χ2v) is 12.1. The number of rotatable bonds is 11. The number of hydrogen-bond acceptors (Lipinski definition) is 6. The molecule has 1 fully saturated rings. The summed E-state index contributed by atoms with van der Waals surface area (Å²) in [4.78, 5) is 4.15. The number of nitrogens with zero attached hydrogens (tertiary/aromatic N) is 3. The summed E-state index contributed by atoms with van der Waals surface area (Å²) in [7, 11) is -3.39. The first-order valence-corrected chi connectivity index (χ1v) is 13.9. The molecule has 1 atom stereocenters. The Balaban J connectivity index is 1.75. The van der Waals surface area contributed by atoms with E-state index in [9.17, 15) is 16.8 Å². The van der Waals surface area contributed by atoms with Gasteiger partial charge in [-0.15, -0.1) is 0 Å². The second kappa shape index (κ2) is 10.7. The first-order chi connectivity index (χ1) is 16.0. The molecular weight excluding hydrogens is 472 g/mol. The Labute approximate surface area is 203 Å². The van der Waals surface area contributed by atoms with Gasteiger partial charge in [0.25, 0.3) is 0 Å². The van der Waals surface area contributed by atoms with Crippen LogP contribution in [0.25, 0.3) is 0 Å². The van der Waals surface area contributed by atoms with E-state index >= 15 is 0 Å². The molecule has 34 heavy (non-hydrogen) atoms. The van der Waals surface area contributed by atoms with Gasteiger partial charge in [0.1, 0.15) is 5.82 Å². The highest BCUT2D eigenvalue weighted by Crippen LogP contribution is 2.28. The van der Waals surface area contributed by atoms with Crippen LogP contribution in [0.3, 0.4) is 0 Å². The van der Waals surface area contributed by atoms with Crippen molar-refractivity contribution in [1.29, 1.82) is 0 Å². The van der Waals surface area contributed by atoms with E-state index < -0.39 is 20.0 Å². The van der Waals surface area contributed by atoms with Crippen molar-refractivity contribution < 1.29 is 16.8 Å². The molecule has 0 aliphatic carbocycles. The first kappa shape index (κ1) is 26.0. The molecule has 184 valence electrons. The van der Waals surface area contributed by atoms with Crippen molar-refractivity contribution in [2.45, 2.75) is 17.9 Å². The van der Waals surface area contributed by atoms with Crippen LogP contribution in [0.2, 0.25) is 0 Å². The highest BCUT2D eigenvalue weighted by Gasteiger charge is 2.33. The second-order valence-electron chi connectivity index (χ2n) is 8.45. The minimum absolute atomic E-state index is 0.0893. The van der Waals surface area contributed by atoms with Crippen LogP contribution < -0.4 is 9.62 Å². The Morgan fingerprint density at radius 2 is 1.74 bits per heavy atom. The summed E-state index contributed by atoms with van der Waals surface area (Å²) in [6.45, 7) is 8.84. The van der Waals surface area contributed by atoms with Crippen molar-refractivity contribution in [2.24, 2.45) is 5.92 Å². The third-order valence-electron chi connectivity index (χ3n) is 5.84. The lowest BCUT2D eigenvalue weighted by molar-refractivity contribution is 0.455. The molecule has 0 unspecified atom stereocenters. The average Bonchev–Trinajstić information content (AvgIpc) is 3.32. The fraction of sp³-hybridized carbons (Fsp3) is 0.333. The highest BCUT2D eigenvalue weighted by atomic mass is 32.2. The van der Waals surface area contributed by atoms with Gasteiger partial charge in [-0.25, -0.2) is 21.6 Å². The molecule has 2 aromatic carbocycles. The van der Waals surface area contributed by atoms with E-state index in [4.69, 9.17) is 0 Å². The third kappa shape index (κ3) is 6.26. The summed E-state index contributed by atoms with van der Waals surface area (Å²) in [6, 6.07) is 16.8. The summed E-state index contributed by atoms with van der Waals surface area (Å²) in [5.41, 5.74) is 1.94. The smallest absolute Gasteiger partial charge is 0.243 e. The summed E-state index contributed by atoms with van der Waals surface area (Å²) in [5, 5.41) is 0.851. The zero-order valence-corrected chi connectivity index (χ0v) is 21.2. The Hall–Kier alpha value is -2.66. The molecule has 1 heterocycles. The summed E-state index contributed by atoms with van der Waals surface area (Å²) in [5.74, 6) is 0.692. The number of anilines is 1. The zero-order valence-electron chi connectivity index (χ0n) is 19.6. The molecular formula is C24H32N4O4S2. The Bertz CT molecular complexity index is 1210. The van der Waals surface area contributed by atoms with Crippen molar-refractivity contribution in [3.05, 3.63) is 84.5 Å². The molecule has 8 nitrogen and oxygen atoms in total. The summed E-state index contributed by atoms with van der Waals surface area (Å²) < 4.78 is 53.4. The van der Waals surface area contributed by atoms with Gasteiger partial charge in [-0.05, 0) is 42.2 Å². The fourth-order valence-corrected chi connectivity index (χ4v) is 5.88. The van der Waals surface area contributed by atoms with Crippen molar-refractivity contribution in [1.82, 2.24) is 13.9 Å². The molecule has 0 spiro atoms. The molecule has 0 amide bonds. The van der Waals surface area contributed by atoms with E-state index in [1.165, 1.54) is 4.31 Å². The van der Waals surface area contributed by atoms with Crippen molar-refractivity contribution in [2.75, 3.05) is 38.6 Å². The predicted molar refractivity (Wildman–Crippen MR) is 136 cm³/mol. The Kier molecular flexibility index (Phi) is 8.19. The van der Waals surface area contributed by atoms with E-state index in [0.717, 1.165) is 22.5 Å². The van der Waals surface area contributed by atoms with E-state index in [1.54, 1.807) is 24.3 Å². The minimum atomic E-state index is -3.68. The molecule has 0 aromatic heterocycles. The number of hydrogen-bond donors (Lipinski definition) is 1. The van der Waals surface area contributed by atoms with Gasteiger partial charge >= 0.3 is 0 Å². The van der Waals surface area contributed by atoms with Gasteiger partial charge in [0.2, 0.25) is 20.0 Å². The van der Waals surface area contributed by atoms with Crippen molar-refractivity contribution in [3.63, 3.8) is 0 Å². The van der Waals surface area contributed by atoms with Gasteiger partial charge in [0.15, 0.2) is 0 Å². The van der Waals surface area contributed by atoms with Gasteiger partial charge in [-0.3, -0.25) is 0 Å². The molecule has 1 saturated heterocycles. The van der Waals surface area contributed by atoms with Crippen LogP contribution in [0.1, 0.15) is 12.0 Å². The maximum absolute atomic E-state index is 13.2. The zero-order chi connectivity index (χ0) is 24.9. The van der Waals surface area contributed by atoms with Gasteiger partial charge in [0, 0.05) is 51.4 Å². The van der Waals surface area contributed by atoms with Crippen LogP contribution in [0.5, 0.6) is 0 Å². The minimum Gasteiger partial charge on any atom is -0.365 e. The molecule has 2 aromatic rings. The lowest BCUT2D eigenvalue weighted by Crippen LogP contribution is -2.32. The van der Waals surface area contributed by atoms with Crippen LogP contribution in [0, 0.1) is 5.92 Å². The quantitative estimate of drug-likeness (QED) is 0.506. The Morgan fingerprint density at radius 1 is 1.09 bits per heavy atom. The average molecular weight is 505 g/mol. The monoisotopic (exact) mass is 504 g/mol. The summed E-state index contributed by atoms with van der Waals surface area (Å²) >= 11 is 0. The number of sulfonamides is 2. The highest BCUT2D eigenvalue weighted by molar-refractivity contribution is 7.92. The molecule has 0 bridgehead atoms. The molecule has 10 heteroatoms. The fourth-order valence-electron chi connectivity index (χ4n) is 3.76. The lowest BCUT2D eigenvalue weighted by atomic mass is 10.1. The van der Waals surface area contributed by atoms with E-state index in [2.05, 4.69) is 17.9 Å². The van der Waals surface area contributed by atoms with Crippen LogP contribution in [0.15, 0.2) is 83.9 Å². The van der Waals surface area contributed by atoms with Crippen LogP contribution in [-0.4, -0.2) is 59.8 Å². The van der Waals surface area contributed by atoms with E-state index in [1.807, 2.05) is 54.2 Å². The van der Waals surface area contributed by atoms with E-state index in [0.29, 0.717) is 19.5 Å². The largest absolute Gasteiger partial charge is 0.365 e. The number of nitrogens with one attached hydrogen (secondary N) is 1. The van der Waals surface area contributed by atoms with Crippen LogP contribution in [0.4, 0.5) is 5.69 Å². The summed E-state index contributed by atoms with van der Waals surface area (Å²) in [6.07, 6.45) is 0.588. The maximum atomic E-state index is 13.2. The molecule has 1 aliphatic rings. The third-order valence-corrected chi connectivity index (χ3v) is 8.73. The lowest BCUT2D eigenvalue weighted by Gasteiger charge is -2.31. The SMILES string of the molecule is C=CS(=O)(=O)NC[C@H]1CCN(S(=O)(=O)c2ccc(N(Cc3ccccc3)C(=C)N(C)C)cc2)C1. The van der Waals surface area contributed by atoms with Crippen LogP contribution >= 0.6 is 0 Å². The van der Waals surface area contributed by atoms with Gasteiger partial charge in [-0.2, -0.15) is 4.31 Å². The molecule has 1 N–H and O–H groups in total. The first-order valence-electron chi connectivity index (χ1n) is 10.9. The normalized spacial score (nSPS) is 16.8. The molecule has 1 aliphatic heterocycles. The van der Waals surface area contributed by atoms with E-state index in [-0.39, 0.29) is 23.9 Å². The molecule has 0 saturated carbocycles. The van der Waals surface area contributed by atoms with Gasteiger partial charge in [0.05, 0.1) is 4.90 Å². The Morgan fingerprint density at radius 3 is 2.32 bits per heavy atom. The predicted octanol–water partition coefficient (Wildman–Crippen LogP) is 2.80. The van der Waals surface area contributed by atoms with Crippen molar-refractivity contribution >= 4 is 25.7 Å². The van der Waals surface area contributed by atoms with Gasteiger partial charge in [-0.1, -0.05) is 43.5 Å².